The van der Waals surface area contributed by atoms with Gasteiger partial charge in [0.25, 0.3) is 0 Å². The summed E-state index contributed by atoms with van der Waals surface area (Å²) in [6.45, 7) is 1.84. The number of rotatable bonds is 3. The maximum absolute atomic E-state index is 11.6. The zero-order valence-corrected chi connectivity index (χ0v) is 8.56. The van der Waals surface area contributed by atoms with Crippen molar-refractivity contribution in [1.82, 2.24) is 14.9 Å². The van der Waals surface area contributed by atoms with Gasteiger partial charge < -0.3 is 14.6 Å². The molecule has 1 saturated heterocycles. The smallest absolute Gasteiger partial charge is 0.240 e. The van der Waals surface area contributed by atoms with E-state index in [4.69, 9.17) is 4.74 Å². The van der Waals surface area contributed by atoms with Crippen molar-refractivity contribution in [2.45, 2.75) is 25.4 Å². The lowest BCUT2D eigenvalue weighted by atomic mass is 10.1. The second-order valence-electron chi connectivity index (χ2n) is 3.69. The van der Waals surface area contributed by atoms with E-state index < -0.39 is 0 Å². The Balaban J connectivity index is 1.76. The molecule has 1 aliphatic rings. The summed E-state index contributed by atoms with van der Waals surface area (Å²) >= 11 is 0. The Kier molecular flexibility index (Phi) is 3.34. The number of ether oxygens (including phenoxy) is 1. The van der Waals surface area contributed by atoms with E-state index in [-0.39, 0.29) is 11.9 Å². The van der Waals surface area contributed by atoms with Gasteiger partial charge in [0.1, 0.15) is 6.54 Å². The predicted molar refractivity (Wildman–Crippen MR) is 54.2 cm³/mol. The van der Waals surface area contributed by atoms with Crippen LogP contribution in [0.25, 0.3) is 0 Å². The second-order valence-corrected chi connectivity index (χ2v) is 3.69. The van der Waals surface area contributed by atoms with Crippen LogP contribution in [0.1, 0.15) is 12.8 Å². The lowest BCUT2D eigenvalue weighted by Gasteiger charge is -2.23. The maximum Gasteiger partial charge on any atom is 0.240 e. The third-order valence-corrected chi connectivity index (χ3v) is 2.47. The Hall–Kier alpha value is -1.36. The van der Waals surface area contributed by atoms with Crippen molar-refractivity contribution in [1.29, 1.82) is 0 Å². The molecule has 0 aliphatic carbocycles. The average molecular weight is 209 g/mol. The number of hydrogen-bond acceptors (Lipinski definition) is 3. The lowest BCUT2D eigenvalue weighted by Crippen LogP contribution is -2.40. The third-order valence-electron chi connectivity index (χ3n) is 2.47. The molecule has 1 aromatic rings. The summed E-state index contributed by atoms with van der Waals surface area (Å²) in [4.78, 5) is 15.5. The monoisotopic (exact) mass is 209 g/mol. The number of aromatic nitrogens is 2. The van der Waals surface area contributed by atoms with Crippen molar-refractivity contribution in [3.8, 4) is 0 Å². The van der Waals surface area contributed by atoms with E-state index in [2.05, 4.69) is 10.3 Å². The van der Waals surface area contributed by atoms with Crippen LogP contribution in [0.3, 0.4) is 0 Å². The molecule has 1 N–H and O–H groups in total. The van der Waals surface area contributed by atoms with Crippen molar-refractivity contribution in [3.05, 3.63) is 18.7 Å². The van der Waals surface area contributed by atoms with Crippen LogP contribution in [-0.2, 0) is 16.1 Å². The standard InChI is InChI=1S/C10H15N3O2/c14-10(7-13-4-3-11-8-13)12-9-1-5-15-6-2-9/h3-4,8-9H,1-2,5-7H2,(H,12,14). The molecular formula is C10H15N3O2. The number of nitrogens with zero attached hydrogens (tertiary/aromatic N) is 2. The minimum atomic E-state index is 0.0416. The molecular weight excluding hydrogens is 194 g/mol. The average Bonchev–Trinajstić information content (AvgIpc) is 2.71. The van der Waals surface area contributed by atoms with Gasteiger partial charge in [0.2, 0.25) is 5.91 Å². The Morgan fingerprint density at radius 3 is 3.00 bits per heavy atom. The molecule has 82 valence electrons. The van der Waals surface area contributed by atoms with E-state index in [9.17, 15) is 4.79 Å². The van der Waals surface area contributed by atoms with E-state index >= 15 is 0 Å². The van der Waals surface area contributed by atoms with E-state index in [1.165, 1.54) is 0 Å². The van der Waals surface area contributed by atoms with Crippen molar-refractivity contribution < 1.29 is 9.53 Å². The molecule has 2 heterocycles. The first-order valence-electron chi connectivity index (χ1n) is 5.17. The first-order chi connectivity index (χ1) is 7.34. The molecule has 0 saturated carbocycles. The van der Waals surface area contributed by atoms with Crippen LogP contribution in [0.5, 0.6) is 0 Å². The molecule has 0 radical (unpaired) electrons. The normalized spacial score (nSPS) is 17.6. The molecule has 1 aliphatic heterocycles. The Morgan fingerprint density at radius 2 is 2.33 bits per heavy atom. The van der Waals surface area contributed by atoms with Crippen LogP contribution in [0.15, 0.2) is 18.7 Å². The zero-order valence-electron chi connectivity index (χ0n) is 8.56. The summed E-state index contributed by atoms with van der Waals surface area (Å²) in [5.74, 6) is 0.0416. The number of carbonyl (C=O) groups is 1. The van der Waals surface area contributed by atoms with E-state index in [0.717, 1.165) is 26.1 Å². The fraction of sp³-hybridized carbons (Fsp3) is 0.600. The summed E-state index contributed by atoms with van der Waals surface area (Å²) in [7, 11) is 0. The van der Waals surface area contributed by atoms with Gasteiger partial charge >= 0.3 is 0 Å². The molecule has 0 atom stereocenters. The largest absolute Gasteiger partial charge is 0.381 e. The molecule has 2 rings (SSSR count). The minimum Gasteiger partial charge on any atom is -0.381 e. The van der Waals surface area contributed by atoms with Gasteiger partial charge in [-0.3, -0.25) is 4.79 Å². The number of amides is 1. The highest BCUT2D eigenvalue weighted by atomic mass is 16.5. The van der Waals surface area contributed by atoms with Gasteiger partial charge in [0.05, 0.1) is 6.33 Å². The highest BCUT2D eigenvalue weighted by molar-refractivity contribution is 5.76. The molecule has 0 aromatic carbocycles. The molecule has 1 aromatic heterocycles. The van der Waals surface area contributed by atoms with Gasteiger partial charge in [-0.25, -0.2) is 4.98 Å². The van der Waals surface area contributed by atoms with E-state index in [0.29, 0.717) is 6.54 Å². The molecule has 0 spiro atoms. The first kappa shape index (κ1) is 10.2. The Bertz CT molecular complexity index is 304. The molecule has 0 bridgehead atoms. The van der Waals surface area contributed by atoms with Crippen LogP contribution in [0.4, 0.5) is 0 Å². The highest BCUT2D eigenvalue weighted by Crippen LogP contribution is 2.05. The van der Waals surface area contributed by atoms with Gasteiger partial charge in [-0.2, -0.15) is 0 Å². The summed E-state index contributed by atoms with van der Waals surface area (Å²) in [5, 5.41) is 2.99. The van der Waals surface area contributed by atoms with Crippen LogP contribution < -0.4 is 5.32 Å². The van der Waals surface area contributed by atoms with Crippen molar-refractivity contribution in [2.75, 3.05) is 13.2 Å². The molecule has 1 amide bonds. The lowest BCUT2D eigenvalue weighted by molar-refractivity contribution is -0.122. The quantitative estimate of drug-likeness (QED) is 0.772. The van der Waals surface area contributed by atoms with Crippen molar-refractivity contribution in [3.63, 3.8) is 0 Å². The molecule has 15 heavy (non-hydrogen) atoms. The minimum absolute atomic E-state index is 0.0416. The molecule has 5 heteroatoms. The molecule has 5 nitrogen and oxygen atoms in total. The fourth-order valence-corrected chi connectivity index (χ4v) is 1.66. The Labute approximate surface area is 88.4 Å². The summed E-state index contributed by atoms with van der Waals surface area (Å²) in [6, 6.07) is 0.273. The number of nitrogens with one attached hydrogen (secondary N) is 1. The topological polar surface area (TPSA) is 56.2 Å². The summed E-state index contributed by atoms with van der Waals surface area (Å²) in [5.41, 5.74) is 0. The van der Waals surface area contributed by atoms with Gasteiger partial charge in [-0.1, -0.05) is 0 Å². The second kappa shape index (κ2) is 4.93. The SMILES string of the molecule is O=C(Cn1ccnc1)NC1CCOCC1. The van der Waals surface area contributed by atoms with E-state index in [1.54, 1.807) is 23.3 Å². The maximum atomic E-state index is 11.6. The van der Waals surface area contributed by atoms with Crippen molar-refractivity contribution >= 4 is 5.91 Å². The molecule has 0 unspecified atom stereocenters. The number of carbonyl (C=O) groups excluding carboxylic acids is 1. The van der Waals surface area contributed by atoms with E-state index in [1.807, 2.05) is 0 Å². The Morgan fingerprint density at radius 1 is 1.53 bits per heavy atom. The predicted octanol–water partition coefficient (Wildman–Crippen LogP) is 0.178. The number of hydrogen-bond donors (Lipinski definition) is 1. The van der Waals surface area contributed by atoms with Crippen LogP contribution in [-0.4, -0.2) is 34.7 Å². The fourth-order valence-electron chi connectivity index (χ4n) is 1.66. The van der Waals surface area contributed by atoms with Gasteiger partial charge in [0, 0.05) is 31.6 Å². The molecule has 1 fully saturated rings. The van der Waals surface area contributed by atoms with Crippen molar-refractivity contribution in [2.24, 2.45) is 0 Å². The summed E-state index contributed by atoms with van der Waals surface area (Å²) < 4.78 is 6.98. The van der Waals surface area contributed by atoms with Crippen LogP contribution in [0, 0.1) is 0 Å². The van der Waals surface area contributed by atoms with Crippen LogP contribution >= 0.6 is 0 Å². The summed E-state index contributed by atoms with van der Waals surface area (Å²) in [6.07, 6.45) is 6.92. The van der Waals surface area contributed by atoms with Gasteiger partial charge in [-0.15, -0.1) is 0 Å². The first-order valence-corrected chi connectivity index (χ1v) is 5.17. The van der Waals surface area contributed by atoms with Gasteiger partial charge in [0.15, 0.2) is 0 Å². The third kappa shape index (κ3) is 3.06. The van der Waals surface area contributed by atoms with Gasteiger partial charge in [-0.05, 0) is 12.8 Å². The zero-order chi connectivity index (χ0) is 10.5. The highest BCUT2D eigenvalue weighted by Gasteiger charge is 2.15. The van der Waals surface area contributed by atoms with Crippen LogP contribution in [0.2, 0.25) is 0 Å². The number of imidazole rings is 1.